The third-order valence-electron chi connectivity index (χ3n) is 2.72. The van der Waals surface area contributed by atoms with Crippen LogP contribution in [0.25, 0.3) is 0 Å². The Hall–Kier alpha value is -0.440. The van der Waals surface area contributed by atoms with E-state index in [4.69, 9.17) is 0 Å². The smallest absolute Gasteiger partial charge is 0.262 e. The molecule has 0 aromatic carbocycles. The van der Waals surface area contributed by atoms with E-state index in [-0.39, 0.29) is 19.0 Å². The second kappa shape index (κ2) is 2.52. The van der Waals surface area contributed by atoms with Gasteiger partial charge in [0.05, 0.1) is 6.54 Å². The van der Waals surface area contributed by atoms with Crippen LogP contribution in [0.3, 0.4) is 0 Å². The quantitative estimate of drug-likeness (QED) is 0.507. The molecule has 2 rings (SSSR count). The van der Waals surface area contributed by atoms with E-state index >= 15 is 0 Å². The fraction of sp³-hybridized carbons (Fsp3) is 0.778. The van der Waals surface area contributed by atoms with Gasteiger partial charge in [-0.2, -0.15) is 0 Å². The molecule has 0 N–H and O–H groups in total. The third-order valence-corrected chi connectivity index (χ3v) is 2.72. The van der Waals surface area contributed by atoms with Gasteiger partial charge in [0, 0.05) is 19.0 Å². The Morgan fingerprint density at radius 2 is 2.33 bits per heavy atom. The summed E-state index contributed by atoms with van der Waals surface area (Å²) in [6, 6.07) is 0.102. The second-order valence-electron chi connectivity index (χ2n) is 3.90. The molecule has 0 aromatic rings. The summed E-state index contributed by atoms with van der Waals surface area (Å²) in [5, 5.41) is 0. The summed E-state index contributed by atoms with van der Waals surface area (Å²) in [5.41, 5.74) is 1.26. The van der Waals surface area contributed by atoms with Crippen molar-refractivity contribution in [1.29, 1.82) is 0 Å². The average Bonchev–Trinajstić information content (AvgIpc) is 2.21. The molecule has 0 saturated carbocycles. The minimum absolute atomic E-state index is 0.0402. The molecular weight excluding hydrogens is 160 g/mol. The van der Waals surface area contributed by atoms with Gasteiger partial charge in [-0.3, -0.25) is 4.90 Å². The van der Waals surface area contributed by atoms with Crippen LogP contribution < -0.4 is 0 Å². The molecular formula is C9H13F2N. The van der Waals surface area contributed by atoms with E-state index in [9.17, 15) is 8.78 Å². The highest BCUT2D eigenvalue weighted by Gasteiger charge is 2.45. The second-order valence-corrected chi connectivity index (χ2v) is 3.90. The molecule has 0 radical (unpaired) electrons. The van der Waals surface area contributed by atoms with Gasteiger partial charge in [-0.15, -0.1) is 0 Å². The van der Waals surface area contributed by atoms with E-state index in [1.54, 1.807) is 0 Å². The number of fused-ring (bicyclic) bond motifs is 1. The summed E-state index contributed by atoms with van der Waals surface area (Å²) < 4.78 is 25.8. The summed E-state index contributed by atoms with van der Waals surface area (Å²) in [4.78, 5) is 1.88. The summed E-state index contributed by atoms with van der Waals surface area (Å²) in [5.74, 6) is -2.44. The molecule has 0 spiro atoms. The molecule has 1 atom stereocenters. The zero-order valence-corrected chi connectivity index (χ0v) is 7.19. The molecule has 1 nitrogen and oxygen atoms in total. The first-order chi connectivity index (χ1) is 5.57. The van der Waals surface area contributed by atoms with Crippen LogP contribution in [0.2, 0.25) is 0 Å². The van der Waals surface area contributed by atoms with Crippen molar-refractivity contribution in [3.05, 3.63) is 11.6 Å². The van der Waals surface area contributed by atoms with Gasteiger partial charge in [0.2, 0.25) is 0 Å². The Kier molecular flexibility index (Phi) is 1.72. The molecule has 2 aliphatic heterocycles. The summed E-state index contributed by atoms with van der Waals surface area (Å²) in [6.07, 6.45) is 2.94. The lowest BCUT2D eigenvalue weighted by Gasteiger charge is -2.26. The molecule has 12 heavy (non-hydrogen) atoms. The highest BCUT2D eigenvalue weighted by atomic mass is 19.3. The first-order valence-electron chi connectivity index (χ1n) is 4.34. The van der Waals surface area contributed by atoms with Crippen LogP contribution in [-0.2, 0) is 0 Å². The minimum Gasteiger partial charge on any atom is -0.290 e. The predicted molar refractivity (Wildman–Crippen MR) is 43.3 cm³/mol. The molecule has 1 saturated heterocycles. The predicted octanol–water partition coefficient (Wildman–Crippen LogP) is 2.05. The first kappa shape index (κ1) is 8.17. The van der Waals surface area contributed by atoms with Gasteiger partial charge in [0.15, 0.2) is 0 Å². The highest BCUT2D eigenvalue weighted by Crippen LogP contribution is 2.36. The van der Waals surface area contributed by atoms with Crippen LogP contribution in [0.1, 0.15) is 19.8 Å². The zero-order valence-electron chi connectivity index (χ0n) is 7.19. The van der Waals surface area contributed by atoms with Gasteiger partial charge in [-0.25, -0.2) is 8.78 Å². The van der Waals surface area contributed by atoms with Crippen LogP contribution >= 0.6 is 0 Å². The van der Waals surface area contributed by atoms with Crippen LogP contribution in [-0.4, -0.2) is 30.0 Å². The molecule has 2 aliphatic rings. The summed E-state index contributed by atoms with van der Waals surface area (Å²) in [6.45, 7) is 2.70. The fourth-order valence-corrected chi connectivity index (χ4v) is 2.11. The average molecular weight is 173 g/mol. The SMILES string of the molecule is CC1=CCN2CC(F)(F)CC2C1. The third kappa shape index (κ3) is 1.38. The van der Waals surface area contributed by atoms with Crippen molar-refractivity contribution in [3.63, 3.8) is 0 Å². The van der Waals surface area contributed by atoms with Crippen molar-refractivity contribution in [1.82, 2.24) is 4.90 Å². The lowest BCUT2D eigenvalue weighted by Crippen LogP contribution is -2.33. The normalized spacial score (nSPS) is 34.6. The van der Waals surface area contributed by atoms with Crippen molar-refractivity contribution in [2.75, 3.05) is 13.1 Å². The fourth-order valence-electron chi connectivity index (χ4n) is 2.11. The maximum absolute atomic E-state index is 12.9. The molecule has 0 bridgehead atoms. The van der Waals surface area contributed by atoms with Gasteiger partial charge >= 0.3 is 0 Å². The number of halogens is 2. The number of alkyl halides is 2. The standard InChI is InChI=1S/C9H13F2N/c1-7-2-3-12-6-9(10,11)5-8(12)4-7/h2,8H,3-6H2,1H3. The summed E-state index contributed by atoms with van der Waals surface area (Å²) >= 11 is 0. The van der Waals surface area contributed by atoms with Crippen LogP contribution in [0.5, 0.6) is 0 Å². The van der Waals surface area contributed by atoms with Gasteiger partial charge in [-0.05, 0) is 13.3 Å². The maximum atomic E-state index is 12.9. The van der Waals surface area contributed by atoms with E-state index < -0.39 is 5.92 Å². The minimum atomic E-state index is -2.44. The van der Waals surface area contributed by atoms with Gasteiger partial charge < -0.3 is 0 Å². The van der Waals surface area contributed by atoms with Crippen LogP contribution in [0.4, 0.5) is 8.78 Å². The Balaban J connectivity index is 2.10. The van der Waals surface area contributed by atoms with E-state index in [0.29, 0.717) is 6.54 Å². The number of hydrogen-bond donors (Lipinski definition) is 0. The van der Waals surface area contributed by atoms with Crippen molar-refractivity contribution < 1.29 is 8.78 Å². The Bertz CT molecular complexity index is 223. The first-order valence-corrected chi connectivity index (χ1v) is 4.34. The van der Waals surface area contributed by atoms with Gasteiger partial charge in [0.1, 0.15) is 0 Å². The molecule has 68 valence electrons. The Morgan fingerprint density at radius 1 is 1.58 bits per heavy atom. The lowest BCUT2D eigenvalue weighted by molar-refractivity contribution is 0.0131. The number of hydrogen-bond acceptors (Lipinski definition) is 1. The zero-order chi connectivity index (χ0) is 8.77. The maximum Gasteiger partial charge on any atom is 0.262 e. The molecule has 1 fully saturated rings. The monoisotopic (exact) mass is 173 g/mol. The van der Waals surface area contributed by atoms with Crippen LogP contribution in [0, 0.1) is 0 Å². The van der Waals surface area contributed by atoms with Gasteiger partial charge in [0.25, 0.3) is 5.92 Å². The lowest BCUT2D eigenvalue weighted by atomic mass is 10.0. The summed E-state index contributed by atoms with van der Waals surface area (Å²) in [7, 11) is 0. The van der Waals surface area contributed by atoms with Crippen molar-refractivity contribution >= 4 is 0 Å². The molecule has 0 aromatic heterocycles. The van der Waals surface area contributed by atoms with E-state index in [2.05, 4.69) is 6.08 Å². The molecule has 3 heteroatoms. The number of nitrogens with zero attached hydrogens (tertiary/aromatic N) is 1. The molecule has 2 heterocycles. The van der Waals surface area contributed by atoms with Crippen molar-refractivity contribution in [2.45, 2.75) is 31.7 Å². The molecule has 0 aliphatic carbocycles. The van der Waals surface area contributed by atoms with E-state index in [1.807, 2.05) is 11.8 Å². The Labute approximate surface area is 71.0 Å². The Morgan fingerprint density at radius 3 is 3.08 bits per heavy atom. The van der Waals surface area contributed by atoms with E-state index in [0.717, 1.165) is 6.42 Å². The molecule has 0 amide bonds. The topological polar surface area (TPSA) is 3.24 Å². The van der Waals surface area contributed by atoms with Crippen molar-refractivity contribution in [3.8, 4) is 0 Å². The highest BCUT2D eigenvalue weighted by molar-refractivity contribution is 5.10. The number of rotatable bonds is 0. The molecule has 1 unspecified atom stereocenters. The largest absolute Gasteiger partial charge is 0.290 e. The van der Waals surface area contributed by atoms with Crippen molar-refractivity contribution in [2.24, 2.45) is 0 Å². The van der Waals surface area contributed by atoms with E-state index in [1.165, 1.54) is 5.57 Å². The van der Waals surface area contributed by atoms with Gasteiger partial charge in [-0.1, -0.05) is 11.6 Å². The van der Waals surface area contributed by atoms with Crippen LogP contribution in [0.15, 0.2) is 11.6 Å².